The Kier molecular flexibility index (Phi) is 7.34. The molecule has 29 heavy (non-hydrogen) atoms. The van der Waals surface area contributed by atoms with E-state index in [0.717, 1.165) is 11.8 Å². The van der Waals surface area contributed by atoms with Crippen LogP contribution in [0, 0.1) is 6.57 Å². The van der Waals surface area contributed by atoms with E-state index in [4.69, 9.17) is 16.0 Å². The van der Waals surface area contributed by atoms with Crippen LogP contribution in [0.25, 0.3) is 4.85 Å². The zero-order valence-electron chi connectivity index (χ0n) is 15.5. The second kappa shape index (κ2) is 10.4. The first-order valence-electron chi connectivity index (χ1n) is 8.86. The minimum atomic E-state index is 0.323. The van der Waals surface area contributed by atoms with E-state index < -0.39 is 0 Å². The molecule has 0 aliphatic carbocycles. The number of anilines is 1. The highest BCUT2D eigenvalue weighted by Crippen LogP contribution is 2.29. The van der Waals surface area contributed by atoms with Gasteiger partial charge in [-0.3, -0.25) is 4.79 Å². The molecule has 1 N–H and O–H groups in total. The third kappa shape index (κ3) is 5.88. The largest absolute Gasteiger partial charge is 0.439 e. The highest BCUT2D eigenvalue weighted by atomic mass is 79.9. The fraction of sp³-hybridized carbons (Fsp3) is 0.136. The fourth-order valence-electron chi connectivity index (χ4n) is 2.51. The molecule has 0 saturated heterocycles. The molecule has 0 fully saturated rings. The number of rotatable bonds is 9. The maximum Gasteiger partial charge on any atom is 0.228 e. The molecule has 0 saturated carbocycles. The van der Waals surface area contributed by atoms with E-state index in [-0.39, 0.29) is 0 Å². The van der Waals surface area contributed by atoms with E-state index in [9.17, 15) is 4.79 Å². The summed E-state index contributed by atoms with van der Waals surface area (Å²) >= 11 is 3.30. The Bertz CT molecular complexity index is 1020. The van der Waals surface area contributed by atoms with Crippen molar-refractivity contribution >= 4 is 33.7 Å². The van der Waals surface area contributed by atoms with Crippen molar-refractivity contribution in [3.8, 4) is 11.6 Å². The lowest BCUT2D eigenvalue weighted by molar-refractivity contribution is 0.112. The van der Waals surface area contributed by atoms with Gasteiger partial charge in [0, 0.05) is 16.6 Å². The molecule has 0 bridgehead atoms. The Morgan fingerprint density at radius 3 is 2.72 bits per heavy atom. The summed E-state index contributed by atoms with van der Waals surface area (Å²) in [6.07, 6.45) is 0.745. The number of aromatic nitrogens is 1. The van der Waals surface area contributed by atoms with Crippen LogP contribution in [0.2, 0.25) is 0 Å². The van der Waals surface area contributed by atoms with Gasteiger partial charge in [0.1, 0.15) is 11.6 Å². The van der Waals surface area contributed by atoms with Gasteiger partial charge in [-0.25, -0.2) is 9.83 Å². The minimum absolute atomic E-state index is 0.323. The van der Waals surface area contributed by atoms with E-state index >= 15 is 0 Å². The normalized spacial score (nSPS) is 10.2. The Morgan fingerprint density at radius 2 is 1.97 bits per heavy atom. The number of halogens is 1. The van der Waals surface area contributed by atoms with Gasteiger partial charge in [0.2, 0.25) is 11.6 Å². The Labute approximate surface area is 177 Å². The van der Waals surface area contributed by atoms with Crippen molar-refractivity contribution in [3.05, 3.63) is 87.7 Å². The van der Waals surface area contributed by atoms with Gasteiger partial charge in [-0.05, 0) is 35.9 Å². The van der Waals surface area contributed by atoms with Crippen LogP contribution in [-0.2, 0) is 11.3 Å². The van der Waals surface area contributed by atoms with E-state index in [2.05, 4.69) is 31.1 Å². The number of carbonyl (C=O) groups excluding carboxylic acids is 1. The number of hydrogen-bond donors (Lipinski definition) is 1. The minimum Gasteiger partial charge on any atom is -0.439 e. The van der Waals surface area contributed by atoms with Gasteiger partial charge in [0.25, 0.3) is 0 Å². The van der Waals surface area contributed by atoms with Crippen molar-refractivity contribution in [2.45, 2.75) is 6.61 Å². The summed E-state index contributed by atoms with van der Waals surface area (Å²) in [6, 6.07) is 18.3. The molecular weight excluding hydrogens is 434 g/mol. The number of nitrogens with one attached hydrogen (secondary N) is 1. The molecule has 0 unspecified atom stereocenters. The number of ether oxygens (including phenoxy) is 2. The summed E-state index contributed by atoms with van der Waals surface area (Å²) < 4.78 is 12.1. The molecule has 146 valence electrons. The number of carbonyl (C=O) groups is 1. The quantitative estimate of drug-likeness (QED) is 0.259. The second-order valence-corrected chi connectivity index (χ2v) is 6.85. The van der Waals surface area contributed by atoms with Crippen LogP contribution < -0.4 is 10.1 Å². The van der Waals surface area contributed by atoms with Crippen LogP contribution in [0.3, 0.4) is 0 Å². The predicted octanol–water partition coefficient (Wildman–Crippen LogP) is 5.63. The van der Waals surface area contributed by atoms with Gasteiger partial charge in [-0.1, -0.05) is 46.3 Å². The molecule has 2 aromatic carbocycles. The molecule has 1 heterocycles. The Balaban J connectivity index is 1.60. The molecule has 0 atom stereocenters. The van der Waals surface area contributed by atoms with Crippen molar-refractivity contribution in [3.63, 3.8) is 0 Å². The van der Waals surface area contributed by atoms with Gasteiger partial charge in [-0.15, -0.1) is 0 Å². The Morgan fingerprint density at radius 1 is 1.14 bits per heavy atom. The lowest BCUT2D eigenvalue weighted by Crippen LogP contribution is -2.10. The molecule has 0 aliphatic rings. The zero-order chi connectivity index (χ0) is 20.5. The highest BCUT2D eigenvalue weighted by molar-refractivity contribution is 9.10. The average Bonchev–Trinajstić information content (AvgIpc) is 2.76. The maximum absolute atomic E-state index is 11.1. The van der Waals surface area contributed by atoms with Crippen molar-refractivity contribution in [1.29, 1.82) is 0 Å². The first-order valence-corrected chi connectivity index (χ1v) is 9.65. The molecular formula is C22H18BrN3O3. The maximum atomic E-state index is 11.1. The van der Waals surface area contributed by atoms with Crippen LogP contribution in [0.1, 0.15) is 15.9 Å². The van der Waals surface area contributed by atoms with Gasteiger partial charge < -0.3 is 14.8 Å². The topological polar surface area (TPSA) is 64.8 Å². The summed E-state index contributed by atoms with van der Waals surface area (Å²) in [4.78, 5) is 18.9. The lowest BCUT2D eigenvalue weighted by atomic mass is 10.2. The van der Waals surface area contributed by atoms with Crippen LogP contribution in [0.5, 0.6) is 11.6 Å². The number of nitrogens with zero attached hydrogens (tertiary/aromatic N) is 2. The van der Waals surface area contributed by atoms with Crippen molar-refractivity contribution < 1.29 is 14.3 Å². The molecule has 0 spiro atoms. The number of benzene rings is 2. The van der Waals surface area contributed by atoms with Gasteiger partial charge in [-0.2, -0.15) is 0 Å². The van der Waals surface area contributed by atoms with Gasteiger partial charge in [0.15, 0.2) is 6.29 Å². The summed E-state index contributed by atoms with van der Waals surface area (Å²) in [5.74, 6) is 1.23. The van der Waals surface area contributed by atoms with Crippen molar-refractivity contribution in [2.24, 2.45) is 0 Å². The first-order chi connectivity index (χ1) is 14.2. The predicted molar refractivity (Wildman–Crippen MR) is 115 cm³/mol. The molecule has 3 aromatic rings. The molecule has 1 aromatic heterocycles. The van der Waals surface area contributed by atoms with Crippen LogP contribution in [0.4, 0.5) is 11.5 Å². The fourth-order valence-corrected chi connectivity index (χ4v) is 2.85. The summed E-state index contributed by atoms with van der Waals surface area (Å²) in [5.41, 5.74) is 1.98. The number of aldehydes is 1. The molecule has 3 rings (SSSR count). The second-order valence-electron chi connectivity index (χ2n) is 6.00. The summed E-state index contributed by atoms with van der Waals surface area (Å²) in [7, 11) is 0. The van der Waals surface area contributed by atoms with E-state index in [1.807, 2.05) is 30.3 Å². The van der Waals surface area contributed by atoms with Gasteiger partial charge in [0.05, 0.1) is 19.8 Å². The Hall–Kier alpha value is -3.21. The molecule has 0 amide bonds. The molecule has 0 radical (unpaired) electrons. The monoisotopic (exact) mass is 451 g/mol. The van der Waals surface area contributed by atoms with Gasteiger partial charge >= 0.3 is 0 Å². The summed E-state index contributed by atoms with van der Waals surface area (Å²) in [6.45, 7) is 8.80. The smallest absolute Gasteiger partial charge is 0.228 e. The van der Waals surface area contributed by atoms with Crippen molar-refractivity contribution in [2.75, 3.05) is 18.5 Å². The average molecular weight is 452 g/mol. The van der Waals surface area contributed by atoms with Crippen LogP contribution in [0.15, 0.2) is 65.1 Å². The zero-order valence-corrected chi connectivity index (χ0v) is 17.1. The van der Waals surface area contributed by atoms with E-state index in [1.165, 1.54) is 0 Å². The third-order valence-corrected chi connectivity index (χ3v) is 4.66. The lowest BCUT2D eigenvalue weighted by Gasteiger charge is -2.11. The van der Waals surface area contributed by atoms with Crippen molar-refractivity contribution in [1.82, 2.24) is 4.98 Å². The van der Waals surface area contributed by atoms with E-state index in [0.29, 0.717) is 52.9 Å². The summed E-state index contributed by atoms with van der Waals surface area (Å²) in [5, 5.41) is 3.11. The standard InChI is InChI=1S/C22H18BrN3O3/c1-24-20-9-10-21(29-18-7-8-19(23)17(13-18)14-27)26-22(20)25-11-12-28-15-16-5-3-2-4-6-16/h2-10,13-14H,11-12,15H2,(H,25,26). The molecule has 0 aliphatic heterocycles. The molecule has 6 nitrogen and oxygen atoms in total. The SMILES string of the molecule is [C-]#[N+]c1ccc(Oc2ccc(Br)c(C=O)c2)nc1NCCOCc1ccccc1. The van der Waals surface area contributed by atoms with E-state index in [1.54, 1.807) is 30.3 Å². The first kappa shape index (κ1) is 20.5. The number of pyridine rings is 1. The highest BCUT2D eigenvalue weighted by Gasteiger charge is 2.08. The third-order valence-electron chi connectivity index (χ3n) is 3.94. The van der Waals surface area contributed by atoms with Crippen LogP contribution in [-0.4, -0.2) is 24.4 Å². The number of hydrogen-bond acceptors (Lipinski definition) is 5. The molecule has 7 heteroatoms. The van der Waals surface area contributed by atoms with Crippen LogP contribution >= 0.6 is 15.9 Å².